The summed E-state index contributed by atoms with van der Waals surface area (Å²) in [5.41, 5.74) is 4.94. The smallest absolute Gasteiger partial charge is 0.190 e. The highest BCUT2D eigenvalue weighted by Crippen LogP contribution is 2.25. The van der Waals surface area contributed by atoms with E-state index >= 15 is 0 Å². The number of guanidine groups is 1. The van der Waals surface area contributed by atoms with Crippen molar-refractivity contribution in [3.63, 3.8) is 0 Å². The van der Waals surface area contributed by atoms with Crippen LogP contribution in [0, 0.1) is 19.8 Å². The predicted molar refractivity (Wildman–Crippen MR) is 110 cm³/mol. The number of rotatable bonds is 7. The maximum absolute atomic E-state index is 5.57. The average molecular weight is 370 g/mol. The van der Waals surface area contributed by atoms with E-state index in [1.165, 1.54) is 16.8 Å². The molecule has 0 spiro atoms. The van der Waals surface area contributed by atoms with Crippen LogP contribution < -0.4 is 15.4 Å². The van der Waals surface area contributed by atoms with Crippen LogP contribution in [-0.2, 0) is 19.4 Å². The zero-order valence-corrected chi connectivity index (χ0v) is 16.9. The third kappa shape index (κ3) is 5.25. The van der Waals surface area contributed by atoms with E-state index in [-0.39, 0.29) is 0 Å². The van der Waals surface area contributed by atoms with Gasteiger partial charge < -0.3 is 15.4 Å². The second-order valence-electron chi connectivity index (χ2n) is 7.38. The molecule has 0 fully saturated rings. The molecule has 1 aliphatic rings. The van der Waals surface area contributed by atoms with Crippen molar-refractivity contribution in [1.82, 2.24) is 20.4 Å². The Hall–Kier alpha value is -2.50. The zero-order chi connectivity index (χ0) is 19.2. The average Bonchev–Trinajstić information content (AvgIpc) is 3.23. The van der Waals surface area contributed by atoms with Gasteiger partial charge in [0.25, 0.3) is 0 Å². The third-order valence-corrected chi connectivity index (χ3v) is 4.89. The minimum absolute atomic E-state index is 0.457. The van der Waals surface area contributed by atoms with Gasteiger partial charge >= 0.3 is 0 Å². The minimum atomic E-state index is 0.457. The number of nitrogens with one attached hydrogen (secondary N) is 2. The normalized spacial score (nSPS) is 14.6. The first kappa shape index (κ1) is 19.3. The molecule has 0 aliphatic carbocycles. The van der Waals surface area contributed by atoms with Crippen molar-refractivity contribution in [1.29, 1.82) is 0 Å². The van der Waals surface area contributed by atoms with Crippen LogP contribution in [-0.4, -0.2) is 42.5 Å². The molecule has 146 valence electrons. The second kappa shape index (κ2) is 8.93. The van der Waals surface area contributed by atoms with E-state index in [1.54, 1.807) is 0 Å². The van der Waals surface area contributed by atoms with Crippen LogP contribution in [0.25, 0.3) is 0 Å². The van der Waals surface area contributed by atoms with Crippen LogP contribution in [0.4, 0.5) is 0 Å². The van der Waals surface area contributed by atoms with Crippen LogP contribution in [0.2, 0.25) is 0 Å². The quantitative estimate of drug-likeness (QED) is 0.581. The summed E-state index contributed by atoms with van der Waals surface area (Å²) in [6.07, 6.45) is 1.99. The number of fused-ring (bicyclic) bond motifs is 1. The van der Waals surface area contributed by atoms with Gasteiger partial charge in [0.05, 0.1) is 12.3 Å². The van der Waals surface area contributed by atoms with Crippen molar-refractivity contribution in [3.8, 4) is 5.75 Å². The van der Waals surface area contributed by atoms with E-state index in [0.717, 1.165) is 56.5 Å². The Morgan fingerprint density at radius 3 is 2.89 bits per heavy atom. The van der Waals surface area contributed by atoms with Gasteiger partial charge in [-0.2, -0.15) is 5.10 Å². The molecule has 0 amide bonds. The lowest BCUT2D eigenvalue weighted by molar-refractivity contribution is 0.357. The fraction of sp³-hybridized carbons (Fsp3) is 0.524. The Morgan fingerprint density at radius 2 is 2.15 bits per heavy atom. The fourth-order valence-corrected chi connectivity index (χ4v) is 3.43. The second-order valence-corrected chi connectivity index (χ2v) is 7.38. The summed E-state index contributed by atoms with van der Waals surface area (Å²) in [5.74, 6) is 2.35. The summed E-state index contributed by atoms with van der Waals surface area (Å²) < 4.78 is 7.65. The van der Waals surface area contributed by atoms with Crippen LogP contribution in [0.3, 0.4) is 0 Å². The molecular weight excluding hydrogens is 338 g/mol. The highest BCUT2D eigenvalue weighted by Gasteiger charge is 2.12. The molecule has 2 N–H and O–H groups in total. The third-order valence-electron chi connectivity index (χ3n) is 4.89. The van der Waals surface area contributed by atoms with Crippen molar-refractivity contribution >= 4 is 5.96 Å². The molecule has 0 saturated heterocycles. The van der Waals surface area contributed by atoms with E-state index in [2.05, 4.69) is 63.5 Å². The number of ether oxygens (including phenoxy) is 1. The molecule has 1 aromatic carbocycles. The largest absolute Gasteiger partial charge is 0.493 e. The molecule has 6 heteroatoms. The summed E-state index contributed by atoms with van der Waals surface area (Å²) in [5, 5.41) is 11.4. The van der Waals surface area contributed by atoms with Gasteiger partial charge in [0.1, 0.15) is 5.75 Å². The topological polar surface area (TPSA) is 63.5 Å². The summed E-state index contributed by atoms with van der Waals surface area (Å²) in [6.45, 7) is 9.78. The number of aryl methyl sites for hydroxylation is 2. The Labute approximate surface area is 162 Å². The SMILES string of the molecule is CN=C(NCCc1ccc2c(c1)CCO2)NCC(C)Cn1nc(C)cc1C. The first-order chi connectivity index (χ1) is 13.0. The maximum atomic E-state index is 5.57. The monoisotopic (exact) mass is 369 g/mol. The van der Waals surface area contributed by atoms with Crippen molar-refractivity contribution in [2.75, 3.05) is 26.7 Å². The predicted octanol–water partition coefficient (Wildman–Crippen LogP) is 2.48. The molecule has 1 aromatic heterocycles. The van der Waals surface area contributed by atoms with Crippen molar-refractivity contribution < 1.29 is 4.74 Å². The first-order valence-corrected chi connectivity index (χ1v) is 9.75. The highest BCUT2D eigenvalue weighted by molar-refractivity contribution is 5.79. The van der Waals surface area contributed by atoms with Crippen molar-refractivity contribution in [2.24, 2.45) is 10.9 Å². The van der Waals surface area contributed by atoms with E-state index in [1.807, 2.05) is 14.0 Å². The van der Waals surface area contributed by atoms with Crippen molar-refractivity contribution in [2.45, 2.75) is 40.2 Å². The van der Waals surface area contributed by atoms with Gasteiger partial charge in [-0.05, 0) is 49.4 Å². The molecule has 0 bridgehead atoms. The molecule has 1 unspecified atom stereocenters. The van der Waals surface area contributed by atoms with Crippen LogP contribution in [0.1, 0.15) is 29.4 Å². The summed E-state index contributed by atoms with van der Waals surface area (Å²) in [7, 11) is 1.81. The highest BCUT2D eigenvalue weighted by atomic mass is 16.5. The Kier molecular flexibility index (Phi) is 6.37. The summed E-state index contributed by atoms with van der Waals surface area (Å²) in [6, 6.07) is 8.62. The molecule has 1 aliphatic heterocycles. The zero-order valence-electron chi connectivity index (χ0n) is 16.9. The lowest BCUT2D eigenvalue weighted by Crippen LogP contribution is -2.40. The molecule has 0 radical (unpaired) electrons. The molecule has 27 heavy (non-hydrogen) atoms. The molecule has 2 aromatic rings. The Bertz CT molecular complexity index is 796. The lowest BCUT2D eigenvalue weighted by atomic mass is 10.1. The van der Waals surface area contributed by atoms with Gasteiger partial charge in [-0.1, -0.05) is 19.1 Å². The standard InChI is InChI=1S/C21H31N5O/c1-15(14-26-17(3)11-16(2)25-26)13-24-21(22-4)23-9-7-18-5-6-20-19(12-18)8-10-27-20/h5-6,11-12,15H,7-10,13-14H2,1-4H3,(H2,22,23,24). The van der Waals surface area contributed by atoms with Gasteiger partial charge in [0.15, 0.2) is 5.96 Å². The van der Waals surface area contributed by atoms with Gasteiger partial charge in [0, 0.05) is 38.8 Å². The van der Waals surface area contributed by atoms with Crippen molar-refractivity contribution in [3.05, 3.63) is 46.8 Å². The number of hydrogen-bond donors (Lipinski definition) is 2. The number of hydrogen-bond acceptors (Lipinski definition) is 3. The number of nitrogens with zero attached hydrogens (tertiary/aromatic N) is 3. The molecule has 0 saturated carbocycles. The fourth-order valence-electron chi connectivity index (χ4n) is 3.43. The Balaban J connectivity index is 1.40. The minimum Gasteiger partial charge on any atom is -0.493 e. The summed E-state index contributed by atoms with van der Waals surface area (Å²) >= 11 is 0. The lowest BCUT2D eigenvalue weighted by Gasteiger charge is -2.17. The molecule has 2 heterocycles. The van der Waals surface area contributed by atoms with E-state index in [0.29, 0.717) is 5.92 Å². The van der Waals surface area contributed by atoms with E-state index < -0.39 is 0 Å². The number of aromatic nitrogens is 2. The number of aliphatic imine (C=N–C) groups is 1. The van der Waals surface area contributed by atoms with Crippen LogP contribution in [0.5, 0.6) is 5.75 Å². The van der Waals surface area contributed by atoms with Gasteiger partial charge in [-0.3, -0.25) is 9.67 Å². The van der Waals surface area contributed by atoms with Gasteiger partial charge in [-0.15, -0.1) is 0 Å². The van der Waals surface area contributed by atoms with Gasteiger partial charge in [0.2, 0.25) is 0 Å². The van der Waals surface area contributed by atoms with Crippen LogP contribution >= 0.6 is 0 Å². The summed E-state index contributed by atoms with van der Waals surface area (Å²) in [4.78, 5) is 4.33. The molecule has 6 nitrogen and oxygen atoms in total. The maximum Gasteiger partial charge on any atom is 0.190 e. The molecular formula is C21H31N5O. The first-order valence-electron chi connectivity index (χ1n) is 9.75. The van der Waals surface area contributed by atoms with E-state index in [9.17, 15) is 0 Å². The number of benzene rings is 1. The van der Waals surface area contributed by atoms with Crippen LogP contribution in [0.15, 0.2) is 29.3 Å². The molecule has 3 rings (SSSR count). The van der Waals surface area contributed by atoms with Gasteiger partial charge in [-0.25, -0.2) is 0 Å². The molecule has 1 atom stereocenters. The Morgan fingerprint density at radius 1 is 1.30 bits per heavy atom. The van der Waals surface area contributed by atoms with E-state index in [4.69, 9.17) is 4.74 Å².